The van der Waals surface area contributed by atoms with E-state index in [1.165, 1.54) is 0 Å². The summed E-state index contributed by atoms with van der Waals surface area (Å²) in [7, 11) is 0. The van der Waals surface area contributed by atoms with E-state index in [-0.39, 0.29) is 0 Å². The van der Waals surface area contributed by atoms with Crippen molar-refractivity contribution in [1.29, 1.82) is 0 Å². The van der Waals surface area contributed by atoms with Gasteiger partial charge < -0.3 is 0 Å². The summed E-state index contributed by atoms with van der Waals surface area (Å²) < 4.78 is 49.1. The molecule has 0 aliphatic rings. The summed E-state index contributed by atoms with van der Waals surface area (Å²) in [6.45, 7) is 0. The van der Waals surface area contributed by atoms with Gasteiger partial charge in [-0.05, 0) is 37.9 Å². The number of benzene rings is 1. The van der Waals surface area contributed by atoms with Crippen LogP contribution in [-0.2, 0) is 0 Å². The lowest BCUT2D eigenvalue weighted by Crippen LogP contribution is -1.94. The minimum absolute atomic E-state index is 0.421. The first-order valence-electron chi connectivity index (χ1n) is 3.06. The zero-order valence-corrected chi connectivity index (χ0v) is 9.09. The predicted octanol–water partition coefficient (Wildman–Crippen LogP) is 4.43. The highest BCUT2D eigenvalue weighted by molar-refractivity contribution is 9.11. The molecule has 1 aromatic carbocycles. The lowest BCUT2D eigenvalue weighted by atomic mass is 10.2. The van der Waals surface area contributed by atoms with Gasteiger partial charge in [-0.2, -0.15) is 0 Å². The van der Waals surface area contributed by atoms with Gasteiger partial charge in [0, 0.05) is 5.56 Å². The molecule has 0 heterocycles. The van der Waals surface area contributed by atoms with Gasteiger partial charge >= 0.3 is 0 Å². The van der Waals surface area contributed by atoms with Crippen LogP contribution < -0.4 is 0 Å². The quantitative estimate of drug-likeness (QED) is 0.408. The SMILES string of the molecule is Fc1cc(C(F)F)c(Br)c(F)c1Br. The maximum atomic E-state index is 12.9. The Hall–Kier alpha value is -0.100. The summed E-state index contributed by atoms with van der Waals surface area (Å²) in [5, 5.41) is 0. The largest absolute Gasteiger partial charge is 0.265 e. The summed E-state index contributed by atoms with van der Waals surface area (Å²) in [6.07, 6.45) is -2.91. The fourth-order valence-electron chi connectivity index (χ4n) is 0.750. The van der Waals surface area contributed by atoms with E-state index in [9.17, 15) is 17.6 Å². The molecule has 0 N–H and O–H groups in total. The maximum Gasteiger partial charge on any atom is 0.265 e. The molecule has 1 aromatic rings. The zero-order valence-electron chi connectivity index (χ0n) is 5.92. The van der Waals surface area contributed by atoms with Crippen LogP contribution >= 0.6 is 31.9 Å². The monoisotopic (exact) mass is 320 g/mol. The Morgan fingerprint density at radius 3 is 2.08 bits per heavy atom. The molecule has 0 amide bonds. The molecule has 6 heteroatoms. The summed E-state index contributed by atoms with van der Waals surface area (Å²) in [4.78, 5) is 0. The summed E-state index contributed by atoms with van der Waals surface area (Å²) in [6, 6.07) is 0.585. The highest BCUT2D eigenvalue weighted by Gasteiger charge is 2.20. The number of hydrogen-bond acceptors (Lipinski definition) is 0. The third-order valence-electron chi connectivity index (χ3n) is 1.37. The highest BCUT2D eigenvalue weighted by Crippen LogP contribution is 2.34. The smallest absolute Gasteiger partial charge is 0.206 e. The van der Waals surface area contributed by atoms with Crippen LogP contribution in [0, 0.1) is 11.6 Å². The van der Waals surface area contributed by atoms with Crippen LogP contribution in [0.5, 0.6) is 0 Å². The Balaban J connectivity index is 3.41. The van der Waals surface area contributed by atoms with E-state index < -0.39 is 32.6 Å². The van der Waals surface area contributed by atoms with E-state index in [0.29, 0.717) is 6.07 Å². The molecule has 0 nitrogen and oxygen atoms in total. The second kappa shape index (κ2) is 3.96. The molecule has 0 saturated heterocycles. The third-order valence-corrected chi connectivity index (χ3v) is 2.90. The van der Waals surface area contributed by atoms with Crippen LogP contribution in [-0.4, -0.2) is 0 Å². The summed E-state index contributed by atoms with van der Waals surface area (Å²) >= 11 is 5.20. The van der Waals surface area contributed by atoms with Crippen molar-refractivity contribution in [3.63, 3.8) is 0 Å². The van der Waals surface area contributed by atoms with Crippen molar-refractivity contribution in [2.24, 2.45) is 0 Å². The Kier molecular flexibility index (Phi) is 3.34. The molecule has 0 spiro atoms. The summed E-state index contributed by atoms with van der Waals surface area (Å²) in [5.41, 5.74) is -0.696. The zero-order chi connectivity index (χ0) is 10.2. The predicted molar refractivity (Wildman–Crippen MR) is 46.7 cm³/mol. The van der Waals surface area contributed by atoms with Gasteiger partial charge in [0.1, 0.15) is 5.82 Å². The van der Waals surface area contributed by atoms with Crippen molar-refractivity contribution < 1.29 is 17.6 Å². The number of rotatable bonds is 1. The lowest BCUT2D eigenvalue weighted by molar-refractivity contribution is 0.149. The fourth-order valence-corrected chi connectivity index (χ4v) is 1.81. The molecule has 0 bridgehead atoms. The van der Waals surface area contributed by atoms with Gasteiger partial charge in [0.05, 0.1) is 8.95 Å². The van der Waals surface area contributed by atoms with Crippen LogP contribution in [0.2, 0.25) is 0 Å². The standard InChI is InChI=1S/C7H2Br2F4/c8-4-2(7(12)13)1-3(10)5(9)6(4)11/h1,7H. The van der Waals surface area contributed by atoms with Gasteiger partial charge in [0.15, 0.2) is 5.82 Å². The van der Waals surface area contributed by atoms with Gasteiger partial charge in [0.25, 0.3) is 6.43 Å². The first-order valence-corrected chi connectivity index (χ1v) is 4.64. The van der Waals surface area contributed by atoms with Crippen molar-refractivity contribution >= 4 is 31.9 Å². The number of halogens is 6. The van der Waals surface area contributed by atoms with Crippen LogP contribution in [0.25, 0.3) is 0 Å². The Labute approximate surface area is 88.2 Å². The maximum absolute atomic E-state index is 12.9. The molecule has 0 fully saturated rings. The molecule has 0 aromatic heterocycles. The molecule has 0 aliphatic heterocycles. The minimum Gasteiger partial charge on any atom is -0.206 e. The topological polar surface area (TPSA) is 0 Å². The Morgan fingerprint density at radius 2 is 1.62 bits per heavy atom. The van der Waals surface area contributed by atoms with Crippen LogP contribution in [0.3, 0.4) is 0 Å². The first-order chi connectivity index (χ1) is 5.95. The average molecular weight is 322 g/mol. The first kappa shape index (κ1) is 11.0. The molecular formula is C7H2Br2F4. The fraction of sp³-hybridized carbons (Fsp3) is 0.143. The molecule has 0 unspecified atom stereocenters. The van der Waals surface area contributed by atoms with Crippen molar-refractivity contribution in [2.75, 3.05) is 0 Å². The highest BCUT2D eigenvalue weighted by atomic mass is 79.9. The van der Waals surface area contributed by atoms with Crippen molar-refractivity contribution in [3.05, 3.63) is 32.2 Å². The van der Waals surface area contributed by atoms with Crippen LogP contribution in [0.1, 0.15) is 12.0 Å². The molecule has 0 atom stereocenters. The molecular weight excluding hydrogens is 320 g/mol. The van der Waals surface area contributed by atoms with Crippen molar-refractivity contribution in [3.8, 4) is 0 Å². The van der Waals surface area contributed by atoms with E-state index >= 15 is 0 Å². The third kappa shape index (κ3) is 2.04. The van der Waals surface area contributed by atoms with E-state index in [4.69, 9.17) is 0 Å². The minimum atomic E-state index is -2.91. The van der Waals surface area contributed by atoms with Gasteiger partial charge in [-0.3, -0.25) is 0 Å². The van der Waals surface area contributed by atoms with E-state index in [0.717, 1.165) is 0 Å². The number of hydrogen-bond donors (Lipinski definition) is 0. The molecule has 1 rings (SSSR count). The Morgan fingerprint density at radius 1 is 1.08 bits per heavy atom. The second-order valence-electron chi connectivity index (χ2n) is 2.19. The molecule has 0 radical (unpaired) electrons. The lowest BCUT2D eigenvalue weighted by Gasteiger charge is -2.06. The van der Waals surface area contributed by atoms with Gasteiger partial charge in [0.2, 0.25) is 0 Å². The van der Waals surface area contributed by atoms with Crippen LogP contribution in [0.15, 0.2) is 15.0 Å². The van der Waals surface area contributed by atoms with Gasteiger partial charge in [-0.25, -0.2) is 17.6 Å². The average Bonchev–Trinajstić information content (AvgIpc) is 2.07. The normalized spacial score (nSPS) is 11.0. The van der Waals surface area contributed by atoms with Gasteiger partial charge in [-0.15, -0.1) is 0 Å². The van der Waals surface area contributed by atoms with Crippen molar-refractivity contribution in [2.45, 2.75) is 6.43 Å². The molecule has 0 saturated carbocycles. The molecule has 13 heavy (non-hydrogen) atoms. The van der Waals surface area contributed by atoms with E-state index in [2.05, 4.69) is 31.9 Å². The second-order valence-corrected chi connectivity index (χ2v) is 3.78. The summed E-state index contributed by atoms with van der Waals surface area (Å²) in [5.74, 6) is -2.11. The van der Waals surface area contributed by atoms with E-state index in [1.54, 1.807) is 0 Å². The number of alkyl halides is 2. The van der Waals surface area contributed by atoms with Crippen LogP contribution in [0.4, 0.5) is 17.6 Å². The van der Waals surface area contributed by atoms with E-state index in [1.807, 2.05) is 0 Å². The van der Waals surface area contributed by atoms with Crippen molar-refractivity contribution in [1.82, 2.24) is 0 Å². The molecule has 0 aliphatic carbocycles. The van der Waals surface area contributed by atoms with Gasteiger partial charge in [-0.1, -0.05) is 0 Å². The molecule has 72 valence electrons. The Bertz CT molecular complexity index is 338.